The predicted octanol–water partition coefficient (Wildman–Crippen LogP) is 5.28. The third-order valence-electron chi connectivity index (χ3n) is 3.96. The SMILES string of the molecule is Cc1cc(-c2csc3nc(-c4ccccc4)[nH]c(=O)c23)ccc1Cl. The van der Waals surface area contributed by atoms with Crippen molar-refractivity contribution in [3.8, 4) is 22.5 Å². The molecule has 2 aromatic carbocycles. The summed E-state index contributed by atoms with van der Waals surface area (Å²) in [7, 11) is 0. The number of H-pyrrole nitrogens is 1. The molecular formula is C19H13ClN2OS. The number of aryl methyl sites for hydroxylation is 1. The topological polar surface area (TPSA) is 45.8 Å². The number of nitrogens with zero attached hydrogens (tertiary/aromatic N) is 1. The first-order valence-electron chi connectivity index (χ1n) is 7.47. The highest BCUT2D eigenvalue weighted by Crippen LogP contribution is 2.33. The number of hydrogen-bond acceptors (Lipinski definition) is 3. The van der Waals surface area contributed by atoms with Crippen molar-refractivity contribution in [3.05, 3.63) is 74.9 Å². The lowest BCUT2D eigenvalue weighted by Gasteiger charge is -2.04. The van der Waals surface area contributed by atoms with Gasteiger partial charge in [0, 0.05) is 21.5 Å². The van der Waals surface area contributed by atoms with E-state index in [1.807, 2.05) is 60.8 Å². The van der Waals surface area contributed by atoms with E-state index in [1.165, 1.54) is 11.3 Å². The van der Waals surface area contributed by atoms with E-state index in [9.17, 15) is 4.79 Å². The van der Waals surface area contributed by atoms with Crippen molar-refractivity contribution in [2.45, 2.75) is 6.92 Å². The largest absolute Gasteiger partial charge is 0.306 e. The summed E-state index contributed by atoms with van der Waals surface area (Å²) in [6.07, 6.45) is 0. The summed E-state index contributed by atoms with van der Waals surface area (Å²) in [5.74, 6) is 0.591. The van der Waals surface area contributed by atoms with Crippen LogP contribution < -0.4 is 5.56 Å². The summed E-state index contributed by atoms with van der Waals surface area (Å²) in [4.78, 5) is 20.9. The molecule has 0 radical (unpaired) electrons. The van der Waals surface area contributed by atoms with Crippen LogP contribution in [0.3, 0.4) is 0 Å². The highest BCUT2D eigenvalue weighted by molar-refractivity contribution is 7.17. The lowest BCUT2D eigenvalue weighted by Crippen LogP contribution is -2.08. The molecule has 0 atom stereocenters. The maximum Gasteiger partial charge on any atom is 0.260 e. The Balaban J connectivity index is 1.91. The minimum Gasteiger partial charge on any atom is -0.306 e. The van der Waals surface area contributed by atoms with E-state index in [-0.39, 0.29) is 5.56 Å². The summed E-state index contributed by atoms with van der Waals surface area (Å²) in [5.41, 5.74) is 3.63. The molecule has 0 amide bonds. The molecule has 2 heterocycles. The van der Waals surface area contributed by atoms with Crippen LogP contribution in [0.25, 0.3) is 32.7 Å². The van der Waals surface area contributed by atoms with Gasteiger partial charge in [0.05, 0.1) is 5.39 Å². The fourth-order valence-corrected chi connectivity index (χ4v) is 3.77. The van der Waals surface area contributed by atoms with Gasteiger partial charge in [-0.3, -0.25) is 4.79 Å². The van der Waals surface area contributed by atoms with Gasteiger partial charge in [-0.15, -0.1) is 11.3 Å². The zero-order chi connectivity index (χ0) is 16.7. The Morgan fingerprint density at radius 1 is 1.08 bits per heavy atom. The molecule has 0 bridgehead atoms. The lowest BCUT2D eigenvalue weighted by molar-refractivity contribution is 1.19. The average Bonchev–Trinajstić information content (AvgIpc) is 3.03. The van der Waals surface area contributed by atoms with E-state index >= 15 is 0 Å². The molecule has 0 saturated carbocycles. The van der Waals surface area contributed by atoms with Gasteiger partial charge in [0.15, 0.2) is 0 Å². The Morgan fingerprint density at radius 2 is 1.88 bits per heavy atom. The molecule has 5 heteroatoms. The van der Waals surface area contributed by atoms with Gasteiger partial charge < -0.3 is 4.98 Å². The minimum absolute atomic E-state index is 0.122. The minimum atomic E-state index is -0.122. The van der Waals surface area contributed by atoms with Crippen molar-refractivity contribution in [1.29, 1.82) is 0 Å². The molecule has 0 fully saturated rings. The maximum absolute atomic E-state index is 12.7. The second-order valence-corrected chi connectivity index (χ2v) is 6.84. The second kappa shape index (κ2) is 5.89. The Hall–Kier alpha value is -2.43. The van der Waals surface area contributed by atoms with Crippen LogP contribution in [0.4, 0.5) is 0 Å². The molecule has 0 saturated heterocycles. The predicted molar refractivity (Wildman–Crippen MR) is 101 cm³/mol. The summed E-state index contributed by atoms with van der Waals surface area (Å²) in [6.45, 7) is 1.95. The molecule has 0 aliphatic carbocycles. The van der Waals surface area contributed by atoms with Crippen molar-refractivity contribution in [1.82, 2.24) is 9.97 Å². The first-order chi connectivity index (χ1) is 11.6. The second-order valence-electron chi connectivity index (χ2n) is 5.57. The molecular weight excluding hydrogens is 340 g/mol. The van der Waals surface area contributed by atoms with Crippen LogP contribution in [0.15, 0.2) is 58.7 Å². The average molecular weight is 353 g/mol. The Kier molecular flexibility index (Phi) is 3.71. The molecule has 0 aliphatic heterocycles. The quantitative estimate of drug-likeness (QED) is 0.533. The first-order valence-corrected chi connectivity index (χ1v) is 8.73. The number of rotatable bonds is 2. The highest BCUT2D eigenvalue weighted by Gasteiger charge is 2.14. The fraction of sp³-hybridized carbons (Fsp3) is 0.0526. The Labute approximate surface area is 147 Å². The number of fused-ring (bicyclic) bond motifs is 1. The molecule has 0 aliphatic rings. The normalized spacial score (nSPS) is 11.1. The van der Waals surface area contributed by atoms with Crippen LogP contribution in [0.5, 0.6) is 0 Å². The number of thiophene rings is 1. The summed E-state index contributed by atoms with van der Waals surface area (Å²) < 4.78 is 0. The van der Waals surface area contributed by atoms with Gasteiger partial charge in [-0.2, -0.15) is 0 Å². The van der Waals surface area contributed by atoms with Crippen LogP contribution in [0.1, 0.15) is 5.56 Å². The van der Waals surface area contributed by atoms with E-state index in [0.717, 1.165) is 32.1 Å². The zero-order valence-electron chi connectivity index (χ0n) is 12.8. The molecule has 4 rings (SSSR count). The van der Waals surface area contributed by atoms with E-state index in [1.54, 1.807) is 0 Å². The number of halogens is 1. The van der Waals surface area contributed by atoms with E-state index in [0.29, 0.717) is 11.2 Å². The van der Waals surface area contributed by atoms with Crippen LogP contribution in [-0.2, 0) is 0 Å². The summed E-state index contributed by atoms with van der Waals surface area (Å²) in [6, 6.07) is 15.4. The molecule has 24 heavy (non-hydrogen) atoms. The Bertz CT molecular complexity index is 1100. The van der Waals surface area contributed by atoms with Gasteiger partial charge in [0.2, 0.25) is 0 Å². The van der Waals surface area contributed by atoms with Gasteiger partial charge in [-0.25, -0.2) is 4.98 Å². The highest BCUT2D eigenvalue weighted by atomic mass is 35.5. The van der Waals surface area contributed by atoms with Gasteiger partial charge in [0.1, 0.15) is 10.7 Å². The number of benzene rings is 2. The molecule has 2 aromatic heterocycles. The third kappa shape index (κ3) is 2.54. The lowest BCUT2D eigenvalue weighted by atomic mass is 10.0. The first kappa shape index (κ1) is 15.1. The van der Waals surface area contributed by atoms with Crippen LogP contribution in [-0.4, -0.2) is 9.97 Å². The number of aromatic amines is 1. The smallest absolute Gasteiger partial charge is 0.260 e. The van der Waals surface area contributed by atoms with Crippen molar-refractivity contribution in [3.63, 3.8) is 0 Å². The van der Waals surface area contributed by atoms with Crippen molar-refractivity contribution in [2.24, 2.45) is 0 Å². The standard InChI is InChI=1S/C19H13ClN2OS/c1-11-9-13(7-8-15(11)20)14-10-24-19-16(14)18(23)21-17(22-19)12-5-3-2-4-6-12/h2-10H,1H3,(H,21,22,23). The van der Waals surface area contributed by atoms with Crippen molar-refractivity contribution >= 4 is 33.2 Å². The monoisotopic (exact) mass is 352 g/mol. The van der Waals surface area contributed by atoms with Crippen LogP contribution in [0.2, 0.25) is 5.02 Å². The molecule has 3 nitrogen and oxygen atoms in total. The van der Waals surface area contributed by atoms with E-state index in [2.05, 4.69) is 9.97 Å². The van der Waals surface area contributed by atoms with Crippen molar-refractivity contribution < 1.29 is 0 Å². The summed E-state index contributed by atoms with van der Waals surface area (Å²) in [5, 5.41) is 3.32. The maximum atomic E-state index is 12.7. The van der Waals surface area contributed by atoms with Gasteiger partial charge in [0.25, 0.3) is 5.56 Å². The molecule has 118 valence electrons. The van der Waals surface area contributed by atoms with Crippen molar-refractivity contribution in [2.75, 3.05) is 0 Å². The fourth-order valence-electron chi connectivity index (χ4n) is 2.71. The van der Waals surface area contributed by atoms with E-state index < -0.39 is 0 Å². The van der Waals surface area contributed by atoms with Gasteiger partial charge in [-0.05, 0) is 30.2 Å². The molecule has 0 spiro atoms. The number of aromatic nitrogens is 2. The molecule has 0 unspecified atom stereocenters. The van der Waals surface area contributed by atoms with E-state index in [4.69, 9.17) is 11.6 Å². The molecule has 1 N–H and O–H groups in total. The third-order valence-corrected chi connectivity index (χ3v) is 5.26. The van der Waals surface area contributed by atoms with Crippen LogP contribution >= 0.6 is 22.9 Å². The van der Waals surface area contributed by atoms with Crippen LogP contribution in [0, 0.1) is 6.92 Å². The summed E-state index contributed by atoms with van der Waals surface area (Å²) >= 11 is 7.58. The van der Waals surface area contributed by atoms with Gasteiger partial charge >= 0.3 is 0 Å². The zero-order valence-corrected chi connectivity index (χ0v) is 14.4. The number of hydrogen-bond donors (Lipinski definition) is 1. The Morgan fingerprint density at radius 3 is 2.62 bits per heavy atom. The number of nitrogens with one attached hydrogen (secondary N) is 1. The molecule has 4 aromatic rings. The van der Waals surface area contributed by atoms with Gasteiger partial charge in [-0.1, -0.05) is 48.0 Å².